The molecule has 0 radical (unpaired) electrons. The van der Waals surface area contributed by atoms with E-state index < -0.39 is 0 Å². The molecule has 0 aromatic rings. The van der Waals surface area contributed by atoms with E-state index in [-0.39, 0.29) is 0 Å². The molecule has 0 bridgehead atoms. The van der Waals surface area contributed by atoms with E-state index in [4.69, 9.17) is 0 Å². The van der Waals surface area contributed by atoms with E-state index in [1.165, 1.54) is 51.6 Å². The highest BCUT2D eigenvalue weighted by Crippen LogP contribution is 2.47. The van der Waals surface area contributed by atoms with Crippen LogP contribution in [0.15, 0.2) is 11.1 Å². The van der Waals surface area contributed by atoms with Gasteiger partial charge in [0.05, 0.1) is 0 Å². The topological polar surface area (TPSA) is 3.24 Å². The molecule has 1 saturated heterocycles. The van der Waals surface area contributed by atoms with Gasteiger partial charge in [-0.05, 0) is 77.9 Å². The number of likely N-dealkylation sites (tertiary alicyclic amines) is 1. The Morgan fingerprint density at radius 3 is 2.53 bits per heavy atom. The van der Waals surface area contributed by atoms with E-state index in [2.05, 4.69) is 25.8 Å². The predicted molar refractivity (Wildman–Crippen MR) is 66.0 cm³/mol. The van der Waals surface area contributed by atoms with E-state index in [0.29, 0.717) is 5.41 Å². The molecule has 1 fully saturated rings. The summed E-state index contributed by atoms with van der Waals surface area (Å²) < 4.78 is 0. The summed E-state index contributed by atoms with van der Waals surface area (Å²) in [6.07, 6.45) is 8.44. The van der Waals surface area contributed by atoms with Crippen molar-refractivity contribution in [3.63, 3.8) is 0 Å². The molecule has 0 amide bonds. The molecule has 1 atom stereocenters. The van der Waals surface area contributed by atoms with Crippen LogP contribution >= 0.6 is 0 Å². The van der Waals surface area contributed by atoms with Gasteiger partial charge in [-0.15, -0.1) is 0 Å². The standard InChI is InChI=1S/C14H25N/c1-12-6-4-7-14(13(12)2)8-5-10-15(3)11-9-14/h4-11H2,1-3H3. The third-order valence-electron chi connectivity index (χ3n) is 4.81. The first-order valence-electron chi connectivity index (χ1n) is 6.49. The quantitative estimate of drug-likeness (QED) is 0.548. The van der Waals surface area contributed by atoms with Crippen molar-refractivity contribution in [2.24, 2.45) is 5.41 Å². The van der Waals surface area contributed by atoms with Crippen LogP contribution in [0.2, 0.25) is 0 Å². The Kier molecular flexibility index (Phi) is 3.20. The molecule has 0 saturated carbocycles. The minimum atomic E-state index is 0.590. The smallest absolute Gasteiger partial charge is 0.00134 e. The Morgan fingerprint density at radius 1 is 1.00 bits per heavy atom. The van der Waals surface area contributed by atoms with Gasteiger partial charge in [0.25, 0.3) is 0 Å². The molecule has 1 spiro atoms. The predicted octanol–water partition coefficient (Wildman–Crippen LogP) is 3.61. The summed E-state index contributed by atoms with van der Waals surface area (Å²) in [7, 11) is 2.27. The second-order valence-electron chi connectivity index (χ2n) is 5.70. The van der Waals surface area contributed by atoms with E-state index >= 15 is 0 Å². The molecule has 2 rings (SSSR count). The third-order valence-corrected chi connectivity index (χ3v) is 4.81. The van der Waals surface area contributed by atoms with Crippen LogP contribution in [0.4, 0.5) is 0 Å². The maximum Gasteiger partial charge on any atom is -0.00134 e. The molecule has 0 N–H and O–H groups in total. The van der Waals surface area contributed by atoms with Crippen molar-refractivity contribution in [2.75, 3.05) is 20.1 Å². The first-order chi connectivity index (χ1) is 7.14. The minimum absolute atomic E-state index is 0.590. The second-order valence-corrected chi connectivity index (χ2v) is 5.70. The van der Waals surface area contributed by atoms with Gasteiger partial charge in [-0.3, -0.25) is 0 Å². The number of hydrogen-bond donors (Lipinski definition) is 0. The normalized spacial score (nSPS) is 34.6. The maximum atomic E-state index is 2.51. The molecule has 1 aliphatic heterocycles. The number of allylic oxidation sites excluding steroid dienone is 2. The lowest BCUT2D eigenvalue weighted by atomic mass is 9.66. The lowest BCUT2D eigenvalue weighted by Crippen LogP contribution is -2.28. The second kappa shape index (κ2) is 4.29. The lowest BCUT2D eigenvalue weighted by Gasteiger charge is -2.39. The average molecular weight is 207 g/mol. The zero-order valence-corrected chi connectivity index (χ0v) is 10.6. The van der Waals surface area contributed by atoms with Crippen molar-refractivity contribution in [3.05, 3.63) is 11.1 Å². The number of hydrogen-bond acceptors (Lipinski definition) is 1. The highest BCUT2D eigenvalue weighted by Gasteiger charge is 2.35. The van der Waals surface area contributed by atoms with Crippen molar-refractivity contribution < 1.29 is 0 Å². The molecule has 1 heterocycles. The zero-order chi connectivity index (χ0) is 10.9. The van der Waals surface area contributed by atoms with Crippen LogP contribution in [-0.4, -0.2) is 25.0 Å². The summed E-state index contributed by atoms with van der Waals surface area (Å²) >= 11 is 0. The molecular weight excluding hydrogens is 182 g/mol. The van der Waals surface area contributed by atoms with Gasteiger partial charge in [0.1, 0.15) is 0 Å². The molecule has 86 valence electrons. The van der Waals surface area contributed by atoms with Gasteiger partial charge < -0.3 is 4.90 Å². The van der Waals surface area contributed by atoms with Gasteiger partial charge in [-0.1, -0.05) is 11.1 Å². The van der Waals surface area contributed by atoms with Crippen LogP contribution in [0, 0.1) is 5.41 Å². The van der Waals surface area contributed by atoms with Crippen LogP contribution < -0.4 is 0 Å². The van der Waals surface area contributed by atoms with Crippen LogP contribution in [0.5, 0.6) is 0 Å². The van der Waals surface area contributed by atoms with Crippen LogP contribution in [0.25, 0.3) is 0 Å². The van der Waals surface area contributed by atoms with E-state index in [0.717, 1.165) is 0 Å². The van der Waals surface area contributed by atoms with Crippen molar-refractivity contribution in [1.82, 2.24) is 4.90 Å². The Labute approximate surface area is 94.5 Å². The number of nitrogens with zero attached hydrogens (tertiary/aromatic N) is 1. The van der Waals surface area contributed by atoms with Crippen LogP contribution in [-0.2, 0) is 0 Å². The van der Waals surface area contributed by atoms with E-state index in [9.17, 15) is 0 Å². The lowest BCUT2D eigenvalue weighted by molar-refractivity contribution is 0.251. The highest BCUT2D eigenvalue weighted by atomic mass is 15.1. The summed E-state index contributed by atoms with van der Waals surface area (Å²) in [5.41, 5.74) is 4.02. The number of rotatable bonds is 0. The zero-order valence-electron chi connectivity index (χ0n) is 10.6. The maximum absolute atomic E-state index is 2.51. The Bertz CT molecular complexity index is 267. The van der Waals surface area contributed by atoms with Crippen LogP contribution in [0.1, 0.15) is 52.4 Å². The molecular formula is C14H25N. The van der Waals surface area contributed by atoms with Crippen molar-refractivity contribution in [1.29, 1.82) is 0 Å². The van der Waals surface area contributed by atoms with E-state index in [1.54, 1.807) is 11.1 Å². The Hall–Kier alpha value is -0.300. The fourth-order valence-corrected chi connectivity index (χ4v) is 3.47. The van der Waals surface area contributed by atoms with Gasteiger partial charge >= 0.3 is 0 Å². The third kappa shape index (κ3) is 2.13. The molecule has 1 nitrogen and oxygen atoms in total. The SMILES string of the molecule is CC1=C(C)C2(CCC1)CCCN(C)CC2. The summed E-state index contributed by atoms with van der Waals surface area (Å²) in [6, 6.07) is 0. The van der Waals surface area contributed by atoms with E-state index in [1.807, 2.05) is 0 Å². The summed E-state index contributed by atoms with van der Waals surface area (Å²) in [6.45, 7) is 7.35. The molecule has 1 aliphatic carbocycles. The van der Waals surface area contributed by atoms with Crippen LogP contribution in [0.3, 0.4) is 0 Å². The molecule has 15 heavy (non-hydrogen) atoms. The Balaban J connectivity index is 2.21. The van der Waals surface area contributed by atoms with Gasteiger partial charge in [-0.2, -0.15) is 0 Å². The molecule has 1 unspecified atom stereocenters. The summed E-state index contributed by atoms with van der Waals surface area (Å²) in [4.78, 5) is 2.51. The van der Waals surface area contributed by atoms with Gasteiger partial charge in [0.2, 0.25) is 0 Å². The summed E-state index contributed by atoms with van der Waals surface area (Å²) in [5, 5.41) is 0. The van der Waals surface area contributed by atoms with Gasteiger partial charge in [0.15, 0.2) is 0 Å². The molecule has 0 aromatic carbocycles. The highest BCUT2D eigenvalue weighted by molar-refractivity contribution is 5.22. The molecule has 2 aliphatic rings. The largest absolute Gasteiger partial charge is 0.306 e. The monoisotopic (exact) mass is 207 g/mol. The fraction of sp³-hybridized carbons (Fsp3) is 0.857. The molecule has 0 aromatic heterocycles. The fourth-order valence-electron chi connectivity index (χ4n) is 3.47. The summed E-state index contributed by atoms with van der Waals surface area (Å²) in [5.74, 6) is 0. The minimum Gasteiger partial charge on any atom is -0.306 e. The first kappa shape index (κ1) is 11.2. The Morgan fingerprint density at radius 2 is 1.73 bits per heavy atom. The molecule has 1 heteroatoms. The van der Waals surface area contributed by atoms with Crippen molar-refractivity contribution >= 4 is 0 Å². The van der Waals surface area contributed by atoms with Crippen molar-refractivity contribution in [2.45, 2.75) is 52.4 Å². The van der Waals surface area contributed by atoms with Crippen molar-refractivity contribution in [3.8, 4) is 0 Å². The first-order valence-corrected chi connectivity index (χ1v) is 6.49. The van der Waals surface area contributed by atoms with Gasteiger partial charge in [0, 0.05) is 0 Å². The average Bonchev–Trinajstić information content (AvgIpc) is 2.39. The van der Waals surface area contributed by atoms with Gasteiger partial charge in [-0.25, -0.2) is 0 Å².